The van der Waals surface area contributed by atoms with Crippen LogP contribution in [-0.2, 0) is 16.6 Å². The Bertz CT molecular complexity index is 644. The van der Waals surface area contributed by atoms with Crippen LogP contribution >= 0.6 is 0 Å². The number of ether oxygens (including phenoxy) is 1. The monoisotopic (exact) mass is 332 g/mol. The van der Waals surface area contributed by atoms with Gasteiger partial charge in [-0.25, -0.2) is 0 Å². The van der Waals surface area contributed by atoms with Crippen LogP contribution in [0.15, 0.2) is 12.3 Å². The van der Waals surface area contributed by atoms with Gasteiger partial charge < -0.3 is 14.5 Å². The molecule has 130 valence electrons. The molecule has 0 bridgehead atoms. The molecule has 24 heavy (non-hydrogen) atoms. The van der Waals surface area contributed by atoms with Gasteiger partial charge in [0.1, 0.15) is 11.3 Å². The lowest BCUT2D eigenvalue weighted by atomic mass is 9.85. The van der Waals surface area contributed by atoms with Crippen molar-refractivity contribution >= 4 is 11.8 Å². The summed E-state index contributed by atoms with van der Waals surface area (Å²) >= 11 is 0. The molecule has 0 aliphatic carbocycles. The molecule has 1 atom stereocenters. The molecule has 0 radical (unpaired) electrons. The van der Waals surface area contributed by atoms with E-state index in [1.54, 1.807) is 28.9 Å². The lowest BCUT2D eigenvalue weighted by Crippen LogP contribution is -2.63. The average Bonchev–Trinajstić information content (AvgIpc) is 3.25. The number of rotatable bonds is 3. The number of hydrogen-bond donors (Lipinski definition) is 0. The summed E-state index contributed by atoms with van der Waals surface area (Å²) in [5.41, 5.74) is 0.242. The van der Waals surface area contributed by atoms with Crippen LogP contribution in [-0.4, -0.2) is 69.8 Å². The molecule has 3 fully saturated rings. The zero-order chi connectivity index (χ0) is 16.7. The fraction of sp³-hybridized carbons (Fsp3) is 0.706. The van der Waals surface area contributed by atoms with Gasteiger partial charge in [-0.15, -0.1) is 0 Å². The van der Waals surface area contributed by atoms with E-state index < -0.39 is 0 Å². The molecule has 3 aliphatic rings. The highest BCUT2D eigenvalue weighted by atomic mass is 16.5. The highest BCUT2D eigenvalue weighted by Gasteiger charge is 2.51. The molecule has 1 aromatic rings. The average molecular weight is 332 g/mol. The number of carbonyl (C=O) groups excluding carboxylic acids is 2. The third kappa shape index (κ3) is 2.81. The zero-order valence-electron chi connectivity index (χ0n) is 14.1. The Kier molecular flexibility index (Phi) is 3.83. The summed E-state index contributed by atoms with van der Waals surface area (Å²) in [4.78, 5) is 28.4. The number of amides is 2. The van der Waals surface area contributed by atoms with Gasteiger partial charge in [0.15, 0.2) is 0 Å². The third-order valence-corrected chi connectivity index (χ3v) is 5.39. The smallest absolute Gasteiger partial charge is 0.274 e. The summed E-state index contributed by atoms with van der Waals surface area (Å²) in [7, 11) is 1.80. The van der Waals surface area contributed by atoms with Crippen molar-refractivity contribution in [3.05, 3.63) is 18.0 Å². The normalized spacial score (nSPS) is 25.3. The number of carbonyl (C=O) groups is 2. The third-order valence-electron chi connectivity index (χ3n) is 5.39. The summed E-state index contributed by atoms with van der Waals surface area (Å²) in [6.45, 7) is 3.66. The van der Waals surface area contributed by atoms with Gasteiger partial charge in [-0.2, -0.15) is 5.10 Å². The molecule has 0 aromatic carbocycles. The second-order valence-corrected chi connectivity index (χ2v) is 7.39. The van der Waals surface area contributed by atoms with E-state index in [4.69, 9.17) is 4.74 Å². The van der Waals surface area contributed by atoms with Gasteiger partial charge in [-0.1, -0.05) is 0 Å². The maximum absolute atomic E-state index is 12.3. The largest absolute Gasteiger partial charge is 0.371 e. The summed E-state index contributed by atoms with van der Waals surface area (Å²) in [6.07, 6.45) is 5.48. The first-order chi connectivity index (χ1) is 11.5. The Morgan fingerprint density at radius 1 is 1.29 bits per heavy atom. The molecule has 1 unspecified atom stereocenters. The predicted molar refractivity (Wildman–Crippen MR) is 86.3 cm³/mol. The number of nitrogens with zero attached hydrogens (tertiary/aromatic N) is 4. The minimum absolute atomic E-state index is 0.0404. The van der Waals surface area contributed by atoms with Gasteiger partial charge in [0.25, 0.3) is 5.91 Å². The SMILES string of the molecule is Cn1ccc(C(=O)N2CC3(CC(CC(=O)N4CCCC4)CO3)C2)n1. The van der Waals surface area contributed by atoms with Crippen LogP contribution in [0.5, 0.6) is 0 Å². The Labute approximate surface area is 141 Å². The maximum atomic E-state index is 12.3. The van der Waals surface area contributed by atoms with Crippen LogP contribution < -0.4 is 0 Å². The topological polar surface area (TPSA) is 67.7 Å². The molecule has 3 aliphatic heterocycles. The van der Waals surface area contributed by atoms with Gasteiger partial charge >= 0.3 is 0 Å². The minimum Gasteiger partial charge on any atom is -0.371 e. The van der Waals surface area contributed by atoms with E-state index in [-0.39, 0.29) is 23.3 Å². The van der Waals surface area contributed by atoms with Gasteiger partial charge in [-0.3, -0.25) is 14.3 Å². The van der Waals surface area contributed by atoms with Crippen molar-refractivity contribution in [3.63, 3.8) is 0 Å². The molecule has 4 heterocycles. The van der Waals surface area contributed by atoms with E-state index in [1.165, 1.54) is 0 Å². The number of aryl methyl sites for hydroxylation is 1. The second kappa shape index (κ2) is 5.88. The van der Waals surface area contributed by atoms with Gasteiger partial charge in [0, 0.05) is 32.8 Å². The van der Waals surface area contributed by atoms with Crippen molar-refractivity contribution in [3.8, 4) is 0 Å². The van der Waals surface area contributed by atoms with E-state index in [0.717, 1.165) is 32.4 Å². The molecule has 3 saturated heterocycles. The molecular weight excluding hydrogens is 308 g/mol. The Morgan fingerprint density at radius 3 is 2.71 bits per heavy atom. The number of hydrogen-bond acceptors (Lipinski definition) is 4. The molecular formula is C17H24N4O3. The first kappa shape index (κ1) is 15.6. The van der Waals surface area contributed by atoms with Gasteiger partial charge in [0.05, 0.1) is 19.7 Å². The molecule has 1 spiro atoms. The zero-order valence-corrected chi connectivity index (χ0v) is 14.1. The van der Waals surface area contributed by atoms with Gasteiger partial charge in [0.2, 0.25) is 5.91 Å². The highest BCUT2D eigenvalue weighted by Crippen LogP contribution is 2.39. The first-order valence-electron chi connectivity index (χ1n) is 8.75. The van der Waals surface area contributed by atoms with Crippen molar-refractivity contribution in [1.82, 2.24) is 19.6 Å². The van der Waals surface area contributed by atoms with Crippen molar-refractivity contribution in [2.24, 2.45) is 13.0 Å². The van der Waals surface area contributed by atoms with Crippen molar-refractivity contribution in [2.75, 3.05) is 32.8 Å². The van der Waals surface area contributed by atoms with E-state index in [0.29, 0.717) is 31.8 Å². The summed E-state index contributed by atoms with van der Waals surface area (Å²) in [5, 5.41) is 4.16. The van der Waals surface area contributed by atoms with Crippen molar-refractivity contribution < 1.29 is 14.3 Å². The van der Waals surface area contributed by atoms with Crippen LogP contribution in [0.2, 0.25) is 0 Å². The van der Waals surface area contributed by atoms with Crippen LogP contribution in [0.25, 0.3) is 0 Å². The molecule has 2 amide bonds. The van der Waals surface area contributed by atoms with E-state index >= 15 is 0 Å². The van der Waals surface area contributed by atoms with E-state index in [9.17, 15) is 9.59 Å². The molecule has 0 N–H and O–H groups in total. The Balaban J connectivity index is 1.28. The lowest BCUT2D eigenvalue weighted by Gasteiger charge is -2.46. The number of likely N-dealkylation sites (tertiary alicyclic amines) is 2. The molecule has 7 nitrogen and oxygen atoms in total. The quantitative estimate of drug-likeness (QED) is 0.816. The van der Waals surface area contributed by atoms with E-state index in [2.05, 4.69) is 5.10 Å². The summed E-state index contributed by atoms with van der Waals surface area (Å²) in [5.74, 6) is 0.505. The molecule has 1 aromatic heterocycles. The minimum atomic E-state index is -0.236. The molecule has 7 heteroatoms. The Morgan fingerprint density at radius 2 is 2.04 bits per heavy atom. The Hall–Kier alpha value is -1.89. The molecule has 4 rings (SSSR count). The maximum Gasteiger partial charge on any atom is 0.274 e. The second-order valence-electron chi connectivity index (χ2n) is 7.39. The van der Waals surface area contributed by atoms with Gasteiger partial charge in [-0.05, 0) is 31.2 Å². The summed E-state index contributed by atoms with van der Waals surface area (Å²) < 4.78 is 7.62. The lowest BCUT2D eigenvalue weighted by molar-refractivity contribution is -0.131. The first-order valence-corrected chi connectivity index (χ1v) is 8.75. The van der Waals surface area contributed by atoms with E-state index in [1.807, 2.05) is 4.90 Å². The predicted octanol–water partition coefficient (Wildman–Crippen LogP) is 0.664. The number of aromatic nitrogens is 2. The van der Waals surface area contributed by atoms with Crippen molar-refractivity contribution in [2.45, 2.75) is 31.3 Å². The standard InChI is InChI=1S/C17H24N4O3/c1-19-7-4-14(18-19)16(23)21-11-17(12-21)9-13(10-24-17)8-15(22)20-5-2-3-6-20/h4,7,13H,2-3,5-6,8-12H2,1H3. The van der Waals surface area contributed by atoms with Crippen LogP contribution in [0.3, 0.4) is 0 Å². The van der Waals surface area contributed by atoms with Crippen LogP contribution in [0.4, 0.5) is 0 Å². The highest BCUT2D eigenvalue weighted by molar-refractivity contribution is 5.93. The van der Waals surface area contributed by atoms with Crippen molar-refractivity contribution in [1.29, 1.82) is 0 Å². The fourth-order valence-electron chi connectivity index (χ4n) is 4.12. The molecule has 0 saturated carbocycles. The summed E-state index contributed by atoms with van der Waals surface area (Å²) in [6, 6.07) is 1.74. The fourth-order valence-corrected chi connectivity index (χ4v) is 4.12. The van der Waals surface area contributed by atoms with Crippen LogP contribution in [0, 0.1) is 5.92 Å². The van der Waals surface area contributed by atoms with Crippen LogP contribution in [0.1, 0.15) is 36.2 Å².